The van der Waals surface area contributed by atoms with Gasteiger partial charge in [0.2, 0.25) is 5.88 Å². The maximum absolute atomic E-state index is 9.39. The van der Waals surface area contributed by atoms with Gasteiger partial charge in [-0.1, -0.05) is 29.8 Å². The Morgan fingerprint density at radius 1 is 1.30 bits per heavy atom. The summed E-state index contributed by atoms with van der Waals surface area (Å²) in [5.74, 6) is 1.10. The van der Waals surface area contributed by atoms with E-state index in [1.165, 1.54) is 0 Å². The topological polar surface area (TPSA) is 87.9 Å². The van der Waals surface area contributed by atoms with Crippen molar-refractivity contribution in [1.29, 1.82) is 5.26 Å². The Morgan fingerprint density at radius 3 is 2.65 bits per heavy atom. The maximum Gasteiger partial charge on any atom is 0.223 e. The lowest BCUT2D eigenvalue weighted by Crippen LogP contribution is -2.22. The number of hydrogen-bond acceptors (Lipinski definition) is 5. The van der Waals surface area contributed by atoms with Crippen molar-refractivity contribution in [3.8, 4) is 6.07 Å². The zero-order valence-corrected chi connectivity index (χ0v) is 11.3. The van der Waals surface area contributed by atoms with Crippen LogP contribution in [0.15, 0.2) is 40.1 Å². The smallest absolute Gasteiger partial charge is 0.223 e. The SMILES string of the molecule is Cc1ccc(C2C(C#N)=C(N)Nc3oc(C)nc32)cc1. The van der Waals surface area contributed by atoms with Gasteiger partial charge < -0.3 is 15.5 Å². The molecule has 0 aliphatic carbocycles. The van der Waals surface area contributed by atoms with Crippen LogP contribution in [0.3, 0.4) is 0 Å². The summed E-state index contributed by atoms with van der Waals surface area (Å²) in [6, 6.07) is 10.2. The number of fused-ring (bicyclic) bond motifs is 1. The third-order valence-electron chi connectivity index (χ3n) is 3.39. The standard InChI is InChI=1S/C15H14N4O/c1-8-3-5-10(6-4-8)12-11(7-16)14(17)19-15-13(12)18-9(2)20-15/h3-6,12,19H,17H2,1-2H3. The molecule has 2 aromatic rings. The van der Waals surface area contributed by atoms with Gasteiger partial charge >= 0.3 is 0 Å². The quantitative estimate of drug-likeness (QED) is 0.828. The Bertz CT molecular complexity index is 734. The number of allylic oxidation sites excluding steroid dienone is 1. The van der Waals surface area contributed by atoms with E-state index in [9.17, 15) is 5.26 Å². The maximum atomic E-state index is 9.39. The number of hydrogen-bond donors (Lipinski definition) is 2. The minimum atomic E-state index is -0.283. The van der Waals surface area contributed by atoms with Crippen LogP contribution < -0.4 is 11.1 Å². The molecule has 3 N–H and O–H groups in total. The first-order valence-corrected chi connectivity index (χ1v) is 6.31. The summed E-state index contributed by atoms with van der Waals surface area (Å²) >= 11 is 0. The van der Waals surface area contributed by atoms with E-state index in [0.717, 1.165) is 11.1 Å². The number of aromatic nitrogens is 1. The van der Waals surface area contributed by atoms with Crippen LogP contribution in [0, 0.1) is 25.2 Å². The van der Waals surface area contributed by atoms with Crippen molar-refractivity contribution in [3.63, 3.8) is 0 Å². The van der Waals surface area contributed by atoms with Gasteiger partial charge in [-0.05, 0) is 12.5 Å². The highest BCUT2D eigenvalue weighted by atomic mass is 16.4. The van der Waals surface area contributed by atoms with E-state index in [2.05, 4.69) is 16.4 Å². The van der Waals surface area contributed by atoms with Gasteiger partial charge in [0.15, 0.2) is 5.89 Å². The lowest BCUT2D eigenvalue weighted by molar-refractivity contribution is 0.534. The number of benzene rings is 1. The Morgan fingerprint density at radius 2 is 2.00 bits per heavy atom. The molecule has 3 rings (SSSR count). The fourth-order valence-electron chi connectivity index (χ4n) is 2.42. The van der Waals surface area contributed by atoms with Crippen molar-refractivity contribution >= 4 is 5.88 Å². The van der Waals surface area contributed by atoms with Gasteiger partial charge in [-0.3, -0.25) is 0 Å². The average molecular weight is 266 g/mol. The fourth-order valence-corrected chi connectivity index (χ4v) is 2.42. The molecule has 1 aliphatic rings. The molecule has 1 aliphatic heterocycles. The molecule has 0 amide bonds. The molecular weight excluding hydrogens is 252 g/mol. The van der Waals surface area contributed by atoms with Crippen LogP contribution in [0.1, 0.15) is 28.6 Å². The zero-order chi connectivity index (χ0) is 14.3. The van der Waals surface area contributed by atoms with E-state index < -0.39 is 0 Å². The molecule has 1 aromatic heterocycles. The van der Waals surface area contributed by atoms with Crippen LogP contribution in [0.25, 0.3) is 0 Å². The van der Waals surface area contributed by atoms with E-state index in [1.54, 1.807) is 6.92 Å². The second-order valence-electron chi connectivity index (χ2n) is 4.86. The fraction of sp³-hybridized carbons (Fsp3) is 0.200. The molecule has 1 atom stereocenters. The molecule has 1 aromatic carbocycles. The van der Waals surface area contributed by atoms with Crippen molar-refractivity contribution < 1.29 is 4.42 Å². The first kappa shape index (κ1) is 12.3. The molecule has 5 heteroatoms. The second kappa shape index (κ2) is 4.42. The highest BCUT2D eigenvalue weighted by Gasteiger charge is 2.32. The van der Waals surface area contributed by atoms with Crippen molar-refractivity contribution in [3.05, 3.63) is 58.4 Å². The number of anilines is 1. The summed E-state index contributed by atoms with van der Waals surface area (Å²) in [4.78, 5) is 4.39. The van der Waals surface area contributed by atoms with Gasteiger partial charge in [0.1, 0.15) is 11.5 Å². The molecule has 0 saturated carbocycles. The highest BCUT2D eigenvalue weighted by Crippen LogP contribution is 2.40. The van der Waals surface area contributed by atoms with Gasteiger partial charge in [-0.25, -0.2) is 4.98 Å². The van der Waals surface area contributed by atoms with Crippen molar-refractivity contribution in [2.24, 2.45) is 5.73 Å². The van der Waals surface area contributed by atoms with Crippen LogP contribution in [-0.2, 0) is 0 Å². The molecule has 20 heavy (non-hydrogen) atoms. The number of nitrogens with one attached hydrogen (secondary N) is 1. The molecule has 0 saturated heterocycles. The number of rotatable bonds is 1. The zero-order valence-electron chi connectivity index (χ0n) is 11.3. The van der Waals surface area contributed by atoms with Gasteiger partial charge in [-0.2, -0.15) is 5.26 Å². The first-order valence-electron chi connectivity index (χ1n) is 6.31. The summed E-state index contributed by atoms with van der Waals surface area (Å²) in [6.45, 7) is 3.79. The van der Waals surface area contributed by atoms with E-state index in [4.69, 9.17) is 10.2 Å². The number of aryl methyl sites for hydroxylation is 2. The minimum absolute atomic E-state index is 0.283. The summed E-state index contributed by atoms with van der Waals surface area (Å²) in [6.07, 6.45) is 0. The Kier molecular flexibility index (Phi) is 2.72. The van der Waals surface area contributed by atoms with Gasteiger partial charge in [-0.15, -0.1) is 0 Å². The molecular formula is C15H14N4O. The van der Waals surface area contributed by atoms with Gasteiger partial charge in [0.05, 0.1) is 17.6 Å². The Labute approximate surface area is 116 Å². The molecule has 0 bridgehead atoms. The largest absolute Gasteiger partial charge is 0.425 e. The van der Waals surface area contributed by atoms with Crippen molar-refractivity contribution in [1.82, 2.24) is 4.98 Å². The predicted molar refractivity (Wildman–Crippen MR) is 74.7 cm³/mol. The van der Waals surface area contributed by atoms with Crippen molar-refractivity contribution in [2.75, 3.05) is 5.32 Å². The third-order valence-corrected chi connectivity index (χ3v) is 3.39. The molecule has 100 valence electrons. The Hall–Kier alpha value is -2.74. The van der Waals surface area contributed by atoms with E-state index in [-0.39, 0.29) is 5.92 Å². The number of nitrogens with two attached hydrogens (primary N) is 1. The summed E-state index contributed by atoms with van der Waals surface area (Å²) < 4.78 is 5.50. The van der Waals surface area contributed by atoms with Crippen LogP contribution >= 0.6 is 0 Å². The lowest BCUT2D eigenvalue weighted by Gasteiger charge is -2.22. The average Bonchev–Trinajstić information content (AvgIpc) is 2.78. The van der Waals surface area contributed by atoms with E-state index >= 15 is 0 Å². The van der Waals surface area contributed by atoms with Gasteiger partial charge in [0, 0.05) is 6.92 Å². The number of nitrogens with zero attached hydrogens (tertiary/aromatic N) is 2. The summed E-state index contributed by atoms with van der Waals surface area (Å²) in [5.41, 5.74) is 9.24. The molecule has 0 fully saturated rings. The Balaban J connectivity index is 2.19. The number of oxazole rings is 1. The molecule has 5 nitrogen and oxygen atoms in total. The van der Waals surface area contributed by atoms with E-state index in [1.807, 2.05) is 31.2 Å². The monoisotopic (exact) mass is 266 g/mol. The summed E-state index contributed by atoms with van der Waals surface area (Å²) in [5, 5.41) is 12.3. The van der Waals surface area contributed by atoms with Crippen molar-refractivity contribution in [2.45, 2.75) is 19.8 Å². The number of nitriles is 1. The van der Waals surface area contributed by atoms with Gasteiger partial charge in [0.25, 0.3) is 0 Å². The first-order chi connectivity index (χ1) is 9.60. The highest BCUT2D eigenvalue weighted by molar-refractivity contribution is 5.61. The third kappa shape index (κ3) is 1.82. The van der Waals surface area contributed by atoms with Crippen LogP contribution in [0.5, 0.6) is 0 Å². The molecule has 0 radical (unpaired) electrons. The van der Waals surface area contributed by atoms with Crippen LogP contribution in [-0.4, -0.2) is 4.98 Å². The normalized spacial score (nSPS) is 17.4. The minimum Gasteiger partial charge on any atom is -0.425 e. The lowest BCUT2D eigenvalue weighted by atomic mass is 9.86. The van der Waals surface area contributed by atoms with Crippen LogP contribution in [0.2, 0.25) is 0 Å². The molecule has 1 unspecified atom stereocenters. The molecule has 0 spiro atoms. The molecule has 2 heterocycles. The second-order valence-corrected chi connectivity index (χ2v) is 4.86. The predicted octanol–water partition coefficient (Wildman–Crippen LogP) is 2.54. The van der Waals surface area contributed by atoms with Crippen LogP contribution in [0.4, 0.5) is 5.88 Å². The summed E-state index contributed by atoms with van der Waals surface area (Å²) in [7, 11) is 0. The van der Waals surface area contributed by atoms with E-state index in [0.29, 0.717) is 28.9 Å².